The number of hydrogen-bond acceptors (Lipinski definition) is 3. The third-order valence-electron chi connectivity index (χ3n) is 2.21. The highest BCUT2D eigenvalue weighted by Gasteiger charge is 2.13. The van der Waals surface area contributed by atoms with E-state index in [9.17, 15) is 0 Å². The zero-order valence-corrected chi connectivity index (χ0v) is 10.2. The minimum absolute atomic E-state index is 0.131. The van der Waals surface area contributed by atoms with Crippen LogP contribution in [0.2, 0.25) is 0 Å². The van der Waals surface area contributed by atoms with Gasteiger partial charge in [0.15, 0.2) is 0 Å². The van der Waals surface area contributed by atoms with Gasteiger partial charge in [-0.3, -0.25) is 0 Å². The molecule has 0 saturated heterocycles. The Bertz CT molecular complexity index is 299. The molecule has 0 amide bonds. The third-order valence-corrected chi connectivity index (χ3v) is 2.21. The number of aryl methyl sites for hydroxylation is 1. The highest BCUT2D eigenvalue weighted by atomic mass is 16.3. The summed E-state index contributed by atoms with van der Waals surface area (Å²) in [5, 5.41) is 0. The molecule has 0 atom stereocenters. The fourth-order valence-electron chi connectivity index (χ4n) is 1.70. The molecular weight excluding hydrogens is 188 g/mol. The maximum atomic E-state index is 5.94. The van der Waals surface area contributed by atoms with Gasteiger partial charge in [-0.1, -0.05) is 0 Å². The lowest BCUT2D eigenvalue weighted by Gasteiger charge is -2.26. The number of likely N-dealkylation sites (N-methyl/N-ethyl adjacent to an activating group) is 1. The van der Waals surface area contributed by atoms with Gasteiger partial charge < -0.3 is 15.1 Å². The van der Waals surface area contributed by atoms with E-state index in [1.165, 1.54) is 0 Å². The summed E-state index contributed by atoms with van der Waals surface area (Å²) in [6.45, 7) is 7.93. The van der Waals surface area contributed by atoms with E-state index in [1.54, 1.807) is 0 Å². The molecule has 1 aromatic rings. The van der Waals surface area contributed by atoms with Gasteiger partial charge in [-0.05, 0) is 40.0 Å². The minimum atomic E-state index is -0.131. The summed E-state index contributed by atoms with van der Waals surface area (Å²) in [5.74, 6) is 2.03. The average Bonchev–Trinajstić information content (AvgIpc) is 2.45. The SMILES string of the molecule is Cc1ccc(CCN(C)CC(C)(C)N)o1. The van der Waals surface area contributed by atoms with Gasteiger partial charge in [-0.2, -0.15) is 0 Å². The van der Waals surface area contributed by atoms with E-state index in [0.717, 1.165) is 31.0 Å². The molecular formula is C12H22N2O. The molecule has 0 bridgehead atoms. The van der Waals surface area contributed by atoms with Crippen LogP contribution < -0.4 is 5.73 Å². The first-order valence-corrected chi connectivity index (χ1v) is 5.39. The molecule has 15 heavy (non-hydrogen) atoms. The smallest absolute Gasteiger partial charge is 0.105 e. The van der Waals surface area contributed by atoms with E-state index >= 15 is 0 Å². The van der Waals surface area contributed by atoms with Crippen LogP contribution in [0.15, 0.2) is 16.5 Å². The zero-order valence-electron chi connectivity index (χ0n) is 10.2. The fraction of sp³-hybridized carbons (Fsp3) is 0.667. The zero-order chi connectivity index (χ0) is 11.5. The van der Waals surface area contributed by atoms with Crippen LogP contribution in [0.4, 0.5) is 0 Å². The summed E-state index contributed by atoms with van der Waals surface area (Å²) >= 11 is 0. The van der Waals surface area contributed by atoms with Gasteiger partial charge in [0.2, 0.25) is 0 Å². The molecule has 0 aliphatic heterocycles. The first-order chi connectivity index (χ1) is 6.87. The van der Waals surface area contributed by atoms with Gasteiger partial charge in [-0.25, -0.2) is 0 Å². The predicted octanol–water partition coefficient (Wildman–Crippen LogP) is 1.80. The first-order valence-electron chi connectivity index (χ1n) is 5.39. The molecule has 0 aromatic carbocycles. The molecule has 1 rings (SSSR count). The van der Waals surface area contributed by atoms with Crippen molar-refractivity contribution in [3.63, 3.8) is 0 Å². The maximum absolute atomic E-state index is 5.94. The van der Waals surface area contributed by atoms with Crippen LogP contribution in [0, 0.1) is 6.92 Å². The second-order valence-corrected chi connectivity index (χ2v) is 4.99. The van der Waals surface area contributed by atoms with Crippen molar-refractivity contribution < 1.29 is 4.42 Å². The van der Waals surface area contributed by atoms with Crippen LogP contribution in [-0.4, -0.2) is 30.6 Å². The lowest BCUT2D eigenvalue weighted by Crippen LogP contribution is -2.44. The van der Waals surface area contributed by atoms with Gasteiger partial charge in [0.05, 0.1) is 0 Å². The lowest BCUT2D eigenvalue weighted by atomic mass is 10.1. The molecule has 86 valence electrons. The number of furan rings is 1. The minimum Gasteiger partial charge on any atom is -0.466 e. The molecule has 2 N–H and O–H groups in total. The summed E-state index contributed by atoms with van der Waals surface area (Å²) in [6.07, 6.45) is 0.945. The molecule has 3 nitrogen and oxygen atoms in total. The van der Waals surface area contributed by atoms with Gasteiger partial charge in [0, 0.05) is 25.0 Å². The van der Waals surface area contributed by atoms with Crippen LogP contribution in [0.3, 0.4) is 0 Å². The van der Waals surface area contributed by atoms with Crippen molar-refractivity contribution in [3.05, 3.63) is 23.7 Å². The van der Waals surface area contributed by atoms with Gasteiger partial charge in [-0.15, -0.1) is 0 Å². The van der Waals surface area contributed by atoms with Gasteiger partial charge in [0.25, 0.3) is 0 Å². The van der Waals surface area contributed by atoms with Crippen LogP contribution >= 0.6 is 0 Å². The van der Waals surface area contributed by atoms with Crippen LogP contribution in [0.25, 0.3) is 0 Å². The highest BCUT2D eigenvalue weighted by Crippen LogP contribution is 2.08. The second kappa shape index (κ2) is 4.81. The molecule has 3 heteroatoms. The van der Waals surface area contributed by atoms with Crippen LogP contribution in [0.1, 0.15) is 25.4 Å². The van der Waals surface area contributed by atoms with Crippen molar-refractivity contribution in [3.8, 4) is 0 Å². The summed E-state index contributed by atoms with van der Waals surface area (Å²) < 4.78 is 5.51. The fourth-order valence-corrected chi connectivity index (χ4v) is 1.70. The molecule has 0 spiro atoms. The maximum Gasteiger partial charge on any atom is 0.105 e. The van der Waals surface area contributed by atoms with E-state index in [0.29, 0.717) is 0 Å². The largest absolute Gasteiger partial charge is 0.466 e. The van der Waals surface area contributed by atoms with Crippen molar-refractivity contribution >= 4 is 0 Å². The Hall–Kier alpha value is -0.800. The first kappa shape index (κ1) is 12.3. The number of nitrogens with zero attached hydrogens (tertiary/aromatic N) is 1. The standard InChI is InChI=1S/C12H22N2O/c1-10-5-6-11(15-10)7-8-14(4)9-12(2,3)13/h5-6H,7-9,13H2,1-4H3. The molecule has 0 unspecified atom stereocenters. The van der Waals surface area contributed by atoms with Crippen LogP contribution in [0.5, 0.6) is 0 Å². The molecule has 0 saturated carbocycles. The Kier molecular flexibility index (Phi) is 3.94. The van der Waals surface area contributed by atoms with E-state index in [2.05, 4.69) is 11.9 Å². The Labute approximate surface area is 92.2 Å². The highest BCUT2D eigenvalue weighted by molar-refractivity contribution is 5.05. The van der Waals surface area contributed by atoms with Gasteiger partial charge in [0.1, 0.15) is 11.5 Å². The van der Waals surface area contributed by atoms with Crippen molar-refractivity contribution in [2.24, 2.45) is 5.73 Å². The summed E-state index contributed by atoms with van der Waals surface area (Å²) in [6, 6.07) is 4.04. The molecule has 0 radical (unpaired) electrons. The number of hydrogen-bond donors (Lipinski definition) is 1. The molecule has 0 fully saturated rings. The van der Waals surface area contributed by atoms with Crippen molar-refractivity contribution in [2.75, 3.05) is 20.1 Å². The summed E-state index contributed by atoms with van der Waals surface area (Å²) in [7, 11) is 2.09. The molecule has 1 aromatic heterocycles. The molecule has 0 aliphatic rings. The Morgan fingerprint density at radius 1 is 1.40 bits per heavy atom. The average molecular weight is 210 g/mol. The van der Waals surface area contributed by atoms with E-state index < -0.39 is 0 Å². The molecule has 1 heterocycles. The Balaban J connectivity index is 2.31. The number of nitrogens with two attached hydrogens (primary N) is 1. The lowest BCUT2D eigenvalue weighted by molar-refractivity contribution is 0.267. The van der Waals surface area contributed by atoms with Crippen molar-refractivity contribution in [1.82, 2.24) is 4.90 Å². The quantitative estimate of drug-likeness (QED) is 0.806. The third kappa shape index (κ3) is 5.00. The predicted molar refractivity (Wildman–Crippen MR) is 62.9 cm³/mol. The second-order valence-electron chi connectivity index (χ2n) is 4.99. The van der Waals surface area contributed by atoms with E-state index in [4.69, 9.17) is 10.2 Å². The molecule has 0 aliphatic carbocycles. The Morgan fingerprint density at radius 3 is 2.53 bits per heavy atom. The van der Waals surface area contributed by atoms with Crippen molar-refractivity contribution in [1.29, 1.82) is 0 Å². The van der Waals surface area contributed by atoms with Gasteiger partial charge >= 0.3 is 0 Å². The monoisotopic (exact) mass is 210 g/mol. The van der Waals surface area contributed by atoms with E-state index in [-0.39, 0.29) is 5.54 Å². The van der Waals surface area contributed by atoms with E-state index in [1.807, 2.05) is 32.9 Å². The van der Waals surface area contributed by atoms with Crippen LogP contribution in [-0.2, 0) is 6.42 Å². The normalized spacial score (nSPS) is 12.4. The summed E-state index contributed by atoms with van der Waals surface area (Å²) in [5.41, 5.74) is 5.81. The number of rotatable bonds is 5. The topological polar surface area (TPSA) is 42.4 Å². The van der Waals surface area contributed by atoms with Crippen molar-refractivity contribution in [2.45, 2.75) is 32.7 Å². The Morgan fingerprint density at radius 2 is 2.07 bits per heavy atom. The summed E-state index contributed by atoms with van der Waals surface area (Å²) in [4.78, 5) is 2.23.